The summed E-state index contributed by atoms with van der Waals surface area (Å²) in [5.74, 6) is 0.228. The fourth-order valence-electron chi connectivity index (χ4n) is 4.95. The van der Waals surface area contributed by atoms with Gasteiger partial charge in [0.25, 0.3) is 11.8 Å². The van der Waals surface area contributed by atoms with Gasteiger partial charge in [0.15, 0.2) is 0 Å². The molecule has 2 aliphatic heterocycles. The Balaban J connectivity index is 1.36. The molecule has 4 aliphatic rings. The number of ether oxygens (including phenoxy) is 2. The predicted molar refractivity (Wildman–Crippen MR) is 103 cm³/mol. The van der Waals surface area contributed by atoms with Gasteiger partial charge in [-0.3, -0.25) is 9.59 Å². The summed E-state index contributed by atoms with van der Waals surface area (Å²) in [5.41, 5.74) is 1.79. The summed E-state index contributed by atoms with van der Waals surface area (Å²) in [6, 6.07) is 5.87. The van der Waals surface area contributed by atoms with Crippen LogP contribution in [-0.2, 0) is 14.3 Å². The minimum atomic E-state index is -0.231. The number of carbonyl (C=O) groups is 2. The summed E-state index contributed by atoms with van der Waals surface area (Å²) in [5, 5.41) is 5.32. The predicted octanol–water partition coefficient (Wildman–Crippen LogP) is 1.67. The number of rotatable bonds is 4. The number of carbonyl (C=O) groups excluding carboxylic acids is 2. The zero-order valence-corrected chi connectivity index (χ0v) is 15.8. The molecule has 5 rings (SSSR count). The second-order valence-electron chi connectivity index (χ2n) is 7.76. The summed E-state index contributed by atoms with van der Waals surface area (Å²) < 4.78 is 10.9. The highest BCUT2D eigenvalue weighted by atomic mass is 16.5. The molecule has 146 valence electrons. The summed E-state index contributed by atoms with van der Waals surface area (Å²) in [4.78, 5) is 27.7. The molecule has 0 spiro atoms. The molecule has 0 unspecified atom stereocenters. The first-order chi connectivity index (χ1) is 13.7. The number of nitrogens with zero attached hydrogens (tertiary/aromatic N) is 3. The molecule has 4 atom stereocenters. The van der Waals surface area contributed by atoms with Crippen molar-refractivity contribution in [3.05, 3.63) is 35.9 Å². The van der Waals surface area contributed by atoms with Crippen molar-refractivity contribution in [2.24, 2.45) is 28.8 Å². The van der Waals surface area contributed by atoms with Gasteiger partial charge in [0.05, 0.1) is 38.4 Å². The van der Waals surface area contributed by atoms with E-state index in [2.05, 4.69) is 22.2 Å². The molecule has 2 heterocycles. The highest BCUT2D eigenvalue weighted by molar-refractivity contribution is 6.07. The quantitative estimate of drug-likeness (QED) is 0.451. The molecule has 7 heteroatoms. The van der Waals surface area contributed by atoms with Gasteiger partial charge >= 0.3 is 0 Å². The Morgan fingerprint density at radius 2 is 1.79 bits per heavy atom. The number of hydrazone groups is 1. The Kier molecular flexibility index (Phi) is 4.19. The Labute approximate surface area is 163 Å². The van der Waals surface area contributed by atoms with Crippen molar-refractivity contribution in [2.45, 2.75) is 6.42 Å². The van der Waals surface area contributed by atoms with Gasteiger partial charge in [-0.25, -0.2) is 0 Å². The minimum absolute atomic E-state index is 0.174. The Morgan fingerprint density at radius 3 is 2.43 bits per heavy atom. The van der Waals surface area contributed by atoms with E-state index in [1.807, 2.05) is 18.2 Å². The average molecular weight is 381 g/mol. The first-order valence-corrected chi connectivity index (χ1v) is 9.78. The zero-order chi connectivity index (χ0) is 19.3. The molecule has 1 aromatic rings. The number of methoxy groups -OCH3 is 1. The lowest BCUT2D eigenvalue weighted by Crippen LogP contribution is -2.36. The van der Waals surface area contributed by atoms with Gasteiger partial charge in [-0.2, -0.15) is 10.1 Å². The van der Waals surface area contributed by atoms with Gasteiger partial charge < -0.3 is 14.4 Å². The molecule has 7 nitrogen and oxygen atoms in total. The third-order valence-electron chi connectivity index (χ3n) is 6.35. The van der Waals surface area contributed by atoms with Gasteiger partial charge in [-0.15, -0.1) is 0 Å². The van der Waals surface area contributed by atoms with E-state index >= 15 is 0 Å². The number of benzene rings is 1. The topological polar surface area (TPSA) is 71.4 Å². The monoisotopic (exact) mass is 381 g/mol. The lowest BCUT2D eigenvalue weighted by molar-refractivity contribution is -0.140. The fourth-order valence-corrected chi connectivity index (χ4v) is 4.95. The van der Waals surface area contributed by atoms with E-state index in [0.29, 0.717) is 19.0 Å². The average Bonchev–Trinajstić information content (AvgIpc) is 3.41. The van der Waals surface area contributed by atoms with Crippen molar-refractivity contribution in [2.75, 3.05) is 38.3 Å². The summed E-state index contributed by atoms with van der Waals surface area (Å²) in [7, 11) is 1.61. The van der Waals surface area contributed by atoms with E-state index in [1.165, 1.54) is 0 Å². The van der Waals surface area contributed by atoms with Crippen LogP contribution < -0.4 is 9.64 Å². The second-order valence-corrected chi connectivity index (χ2v) is 7.76. The van der Waals surface area contributed by atoms with Crippen molar-refractivity contribution in [1.82, 2.24) is 5.01 Å². The maximum atomic E-state index is 12.7. The molecular weight excluding hydrogens is 358 g/mol. The number of morpholine rings is 1. The molecule has 28 heavy (non-hydrogen) atoms. The number of imide groups is 1. The molecule has 2 saturated heterocycles. The van der Waals surface area contributed by atoms with Gasteiger partial charge in [-0.05, 0) is 30.4 Å². The molecule has 2 amide bonds. The molecular formula is C21H23N3O4. The molecule has 1 saturated carbocycles. The standard InChI is InChI=1S/C21H23N3O4/c1-27-17-11-16(23-6-8-28-9-7-23)5-4-15(17)12-22-24-20(25)18-13-2-3-14(10-13)19(18)21(24)26/h2-5,11-14,18-19H,6-10H2,1H3/t13-,14-,18-,19+/m0/s1. The minimum Gasteiger partial charge on any atom is -0.496 e. The Hall–Kier alpha value is -2.67. The van der Waals surface area contributed by atoms with Crippen LogP contribution in [0.2, 0.25) is 0 Å². The van der Waals surface area contributed by atoms with Gasteiger partial charge in [0.1, 0.15) is 5.75 Å². The van der Waals surface area contributed by atoms with E-state index in [9.17, 15) is 9.59 Å². The maximum absolute atomic E-state index is 12.7. The third-order valence-corrected chi connectivity index (χ3v) is 6.35. The molecule has 3 fully saturated rings. The van der Waals surface area contributed by atoms with Crippen molar-refractivity contribution in [3.8, 4) is 5.75 Å². The van der Waals surface area contributed by atoms with Gasteiger partial charge in [0, 0.05) is 30.4 Å². The van der Waals surface area contributed by atoms with E-state index in [4.69, 9.17) is 9.47 Å². The van der Waals surface area contributed by atoms with Gasteiger partial charge in [-0.1, -0.05) is 12.2 Å². The third kappa shape index (κ3) is 2.64. The lowest BCUT2D eigenvalue weighted by Gasteiger charge is -2.29. The van der Waals surface area contributed by atoms with Gasteiger partial charge in [0.2, 0.25) is 0 Å². The summed E-state index contributed by atoms with van der Waals surface area (Å²) in [6.45, 7) is 3.10. The number of fused-ring (bicyclic) bond motifs is 5. The molecule has 0 N–H and O–H groups in total. The van der Waals surface area contributed by atoms with Crippen molar-refractivity contribution < 1.29 is 19.1 Å². The number of hydrogen-bond donors (Lipinski definition) is 0. The highest BCUT2D eigenvalue weighted by Crippen LogP contribution is 2.52. The number of hydrogen-bond acceptors (Lipinski definition) is 6. The summed E-state index contributed by atoms with van der Waals surface area (Å²) >= 11 is 0. The molecule has 0 aromatic heterocycles. The molecule has 2 aliphatic carbocycles. The van der Waals surface area contributed by atoms with Crippen LogP contribution in [0, 0.1) is 23.7 Å². The van der Waals surface area contributed by atoms with Crippen LogP contribution >= 0.6 is 0 Å². The van der Waals surface area contributed by atoms with E-state index < -0.39 is 0 Å². The number of anilines is 1. The van der Waals surface area contributed by atoms with Crippen molar-refractivity contribution >= 4 is 23.7 Å². The largest absolute Gasteiger partial charge is 0.496 e. The fraction of sp³-hybridized carbons (Fsp3) is 0.476. The van der Waals surface area contributed by atoms with Crippen LogP contribution in [0.15, 0.2) is 35.5 Å². The van der Waals surface area contributed by atoms with Crippen molar-refractivity contribution in [3.63, 3.8) is 0 Å². The van der Waals surface area contributed by atoms with Crippen LogP contribution in [0.5, 0.6) is 5.75 Å². The maximum Gasteiger partial charge on any atom is 0.254 e. The van der Waals surface area contributed by atoms with Crippen LogP contribution in [-0.4, -0.2) is 56.5 Å². The number of amides is 2. The van der Waals surface area contributed by atoms with E-state index in [0.717, 1.165) is 35.8 Å². The zero-order valence-electron chi connectivity index (χ0n) is 15.8. The lowest BCUT2D eigenvalue weighted by atomic mass is 9.85. The van der Waals surface area contributed by atoms with Crippen molar-refractivity contribution in [1.29, 1.82) is 0 Å². The SMILES string of the molecule is COc1cc(N2CCOCC2)ccc1C=NN1C(=O)[C@@H]2[C@H](C1=O)[C@H]1C=C[C@H]2C1. The molecule has 0 radical (unpaired) electrons. The smallest absolute Gasteiger partial charge is 0.254 e. The first kappa shape index (κ1) is 17.4. The molecule has 2 bridgehead atoms. The van der Waals surface area contributed by atoms with E-state index in [1.54, 1.807) is 13.3 Å². The Bertz CT molecular complexity index is 844. The number of allylic oxidation sites excluding steroid dienone is 2. The Morgan fingerprint density at radius 1 is 1.11 bits per heavy atom. The normalized spacial score (nSPS) is 31.3. The molecule has 1 aromatic carbocycles. The van der Waals surface area contributed by atoms with Crippen LogP contribution in [0.25, 0.3) is 0 Å². The van der Waals surface area contributed by atoms with Crippen LogP contribution in [0.4, 0.5) is 5.69 Å². The highest BCUT2D eigenvalue weighted by Gasteiger charge is 2.59. The van der Waals surface area contributed by atoms with Crippen LogP contribution in [0.3, 0.4) is 0 Å². The second kappa shape index (κ2) is 6.74. The van der Waals surface area contributed by atoms with Crippen LogP contribution in [0.1, 0.15) is 12.0 Å². The summed E-state index contributed by atoms with van der Waals surface area (Å²) in [6.07, 6.45) is 6.63. The first-order valence-electron chi connectivity index (χ1n) is 9.78. The van der Waals surface area contributed by atoms with E-state index in [-0.39, 0.29) is 35.5 Å².